The Hall–Kier alpha value is -5.29. The van der Waals surface area contributed by atoms with E-state index in [4.69, 9.17) is 18.9 Å². The van der Waals surface area contributed by atoms with Crippen molar-refractivity contribution in [2.45, 2.75) is 4.90 Å². The van der Waals surface area contributed by atoms with Gasteiger partial charge in [-0.25, -0.2) is 13.8 Å². The van der Waals surface area contributed by atoms with Gasteiger partial charge in [0.15, 0.2) is 11.5 Å². The molecule has 11 heteroatoms. The summed E-state index contributed by atoms with van der Waals surface area (Å²) in [5, 5.41) is 8.20. The average molecular weight is 614 g/mol. The normalized spacial score (nSPS) is 11.5. The Balaban J connectivity index is 1.52. The van der Waals surface area contributed by atoms with Crippen LogP contribution in [0.4, 0.5) is 5.69 Å². The van der Waals surface area contributed by atoms with Gasteiger partial charge < -0.3 is 18.9 Å². The molecule has 0 aliphatic carbocycles. The third-order valence-corrected chi connectivity index (χ3v) is 8.84. The van der Waals surface area contributed by atoms with Crippen LogP contribution >= 0.6 is 0 Å². The van der Waals surface area contributed by atoms with E-state index in [-0.39, 0.29) is 22.1 Å². The molecular formula is C33H31N3O7S. The largest absolute Gasteiger partial charge is 0.497 e. The SMILES string of the molecule is COc1ccc(OC)c(N(CC(=O)N/N=C\c2c3ccccc3cc3ccccc23)S(=O)(=O)c2ccc(OC)c(OC)c2)c1. The molecule has 0 fully saturated rings. The van der Waals surface area contributed by atoms with Crippen molar-refractivity contribution in [1.82, 2.24) is 5.43 Å². The second kappa shape index (κ2) is 12.9. The highest BCUT2D eigenvalue weighted by Gasteiger charge is 2.31. The van der Waals surface area contributed by atoms with Crippen LogP contribution in [0.15, 0.2) is 101 Å². The topological polar surface area (TPSA) is 116 Å². The minimum absolute atomic E-state index is 0.0980. The minimum atomic E-state index is -4.35. The number of fused-ring (bicyclic) bond motifs is 2. The van der Waals surface area contributed by atoms with Crippen LogP contribution in [0.1, 0.15) is 5.56 Å². The Morgan fingerprint density at radius 2 is 1.36 bits per heavy atom. The lowest BCUT2D eigenvalue weighted by Gasteiger charge is -2.26. The molecule has 0 radical (unpaired) electrons. The smallest absolute Gasteiger partial charge is 0.265 e. The maximum atomic E-state index is 14.1. The molecule has 0 saturated heterocycles. The van der Waals surface area contributed by atoms with E-state index in [9.17, 15) is 13.2 Å². The molecule has 0 spiro atoms. The molecule has 10 nitrogen and oxygen atoms in total. The van der Waals surface area contributed by atoms with Gasteiger partial charge in [0, 0.05) is 17.7 Å². The lowest BCUT2D eigenvalue weighted by atomic mass is 9.97. The molecule has 5 rings (SSSR count). The van der Waals surface area contributed by atoms with E-state index < -0.39 is 22.5 Å². The highest BCUT2D eigenvalue weighted by Crippen LogP contribution is 2.37. The van der Waals surface area contributed by atoms with Crippen LogP contribution in [0.25, 0.3) is 21.5 Å². The van der Waals surface area contributed by atoms with Gasteiger partial charge in [-0.3, -0.25) is 9.10 Å². The fourth-order valence-corrected chi connectivity index (χ4v) is 6.36. The fourth-order valence-electron chi connectivity index (χ4n) is 4.92. The Morgan fingerprint density at radius 1 is 0.750 bits per heavy atom. The molecule has 0 heterocycles. The highest BCUT2D eigenvalue weighted by atomic mass is 32.2. The number of benzene rings is 5. The molecule has 0 unspecified atom stereocenters. The fraction of sp³-hybridized carbons (Fsp3) is 0.152. The van der Waals surface area contributed by atoms with Crippen molar-refractivity contribution in [3.63, 3.8) is 0 Å². The van der Waals surface area contributed by atoms with Gasteiger partial charge in [-0.2, -0.15) is 5.10 Å². The zero-order chi connectivity index (χ0) is 31.3. The Morgan fingerprint density at radius 3 is 1.98 bits per heavy atom. The minimum Gasteiger partial charge on any atom is -0.497 e. The third-order valence-electron chi connectivity index (χ3n) is 7.08. The van der Waals surface area contributed by atoms with E-state index in [1.165, 1.54) is 52.7 Å². The van der Waals surface area contributed by atoms with Crippen molar-refractivity contribution in [3.8, 4) is 23.0 Å². The molecule has 0 aromatic heterocycles. The quantitative estimate of drug-likeness (QED) is 0.121. The van der Waals surface area contributed by atoms with E-state index in [1.54, 1.807) is 18.3 Å². The molecule has 0 aliphatic rings. The zero-order valence-corrected chi connectivity index (χ0v) is 25.4. The Labute approximate surface area is 255 Å². The molecule has 0 bridgehead atoms. The number of nitrogens with zero attached hydrogens (tertiary/aromatic N) is 2. The second-order valence-electron chi connectivity index (χ2n) is 9.59. The second-order valence-corrected chi connectivity index (χ2v) is 11.5. The predicted octanol–water partition coefficient (Wildman–Crippen LogP) is 5.37. The van der Waals surface area contributed by atoms with Gasteiger partial charge in [0.25, 0.3) is 15.9 Å². The van der Waals surface area contributed by atoms with Gasteiger partial charge in [0.1, 0.15) is 18.0 Å². The molecule has 1 amide bonds. The lowest BCUT2D eigenvalue weighted by Crippen LogP contribution is -2.39. The number of hydrazone groups is 1. The summed E-state index contributed by atoms with van der Waals surface area (Å²) in [7, 11) is 1.37. The summed E-state index contributed by atoms with van der Waals surface area (Å²) < 4.78 is 50.6. The van der Waals surface area contributed by atoms with Gasteiger partial charge in [0.05, 0.1) is 45.2 Å². The molecule has 5 aromatic rings. The third kappa shape index (κ3) is 5.95. The van der Waals surface area contributed by atoms with Crippen LogP contribution in [0, 0.1) is 0 Å². The van der Waals surface area contributed by atoms with Crippen LogP contribution < -0.4 is 28.7 Å². The van der Waals surface area contributed by atoms with Crippen LogP contribution in [-0.2, 0) is 14.8 Å². The number of anilines is 1. The molecule has 0 atom stereocenters. The summed E-state index contributed by atoms with van der Waals surface area (Å²) in [5.74, 6) is 0.468. The van der Waals surface area contributed by atoms with Gasteiger partial charge >= 0.3 is 0 Å². The first-order chi connectivity index (χ1) is 21.3. The first-order valence-electron chi connectivity index (χ1n) is 13.5. The molecule has 226 valence electrons. The van der Waals surface area contributed by atoms with Gasteiger partial charge in [0.2, 0.25) is 0 Å². The first kappa shape index (κ1) is 30.2. The zero-order valence-electron chi connectivity index (χ0n) is 24.6. The Kier molecular flexibility index (Phi) is 8.86. The number of nitrogens with one attached hydrogen (secondary N) is 1. The van der Waals surface area contributed by atoms with Crippen molar-refractivity contribution >= 4 is 49.4 Å². The van der Waals surface area contributed by atoms with E-state index in [0.29, 0.717) is 11.5 Å². The number of carbonyl (C=O) groups is 1. The number of hydrogen-bond donors (Lipinski definition) is 1. The summed E-state index contributed by atoms with van der Waals surface area (Å²) in [6, 6.07) is 26.7. The summed E-state index contributed by atoms with van der Waals surface area (Å²) in [5.41, 5.74) is 3.42. The summed E-state index contributed by atoms with van der Waals surface area (Å²) >= 11 is 0. The van der Waals surface area contributed by atoms with Crippen molar-refractivity contribution in [1.29, 1.82) is 0 Å². The van der Waals surface area contributed by atoms with Crippen molar-refractivity contribution < 1.29 is 32.2 Å². The predicted molar refractivity (Wildman–Crippen MR) is 171 cm³/mol. The number of hydrogen-bond acceptors (Lipinski definition) is 8. The molecule has 1 N–H and O–H groups in total. The molecule has 44 heavy (non-hydrogen) atoms. The molecule has 0 saturated carbocycles. The van der Waals surface area contributed by atoms with Crippen molar-refractivity contribution in [2.24, 2.45) is 5.10 Å². The summed E-state index contributed by atoms with van der Waals surface area (Å²) in [4.78, 5) is 13.2. The Bertz CT molecular complexity index is 1920. The van der Waals surface area contributed by atoms with Crippen LogP contribution in [0.2, 0.25) is 0 Å². The first-order valence-corrected chi connectivity index (χ1v) is 14.9. The maximum absolute atomic E-state index is 14.1. The maximum Gasteiger partial charge on any atom is 0.265 e. The summed E-state index contributed by atoms with van der Waals surface area (Å²) in [6.07, 6.45) is 1.57. The average Bonchev–Trinajstić information content (AvgIpc) is 3.06. The van der Waals surface area contributed by atoms with Gasteiger partial charge in [-0.05, 0) is 51.9 Å². The number of methoxy groups -OCH3 is 4. The monoisotopic (exact) mass is 613 g/mol. The van der Waals surface area contributed by atoms with Gasteiger partial charge in [-0.15, -0.1) is 0 Å². The van der Waals surface area contributed by atoms with Crippen LogP contribution in [0.5, 0.6) is 23.0 Å². The highest BCUT2D eigenvalue weighted by molar-refractivity contribution is 7.92. The van der Waals surface area contributed by atoms with Gasteiger partial charge in [-0.1, -0.05) is 48.5 Å². The standard InChI is InChI=1S/C33H31N3O7S/c1-40-24-13-15-30(41-2)29(18-24)36(44(38,39)25-14-16-31(42-3)32(19-25)43-4)21-33(37)35-34-20-28-26-11-7-5-9-22(26)17-23-10-6-8-12-27(23)28/h5-20H,21H2,1-4H3,(H,35,37)/b34-20-. The van der Waals surface area contributed by atoms with E-state index >= 15 is 0 Å². The molecule has 5 aromatic carbocycles. The lowest BCUT2D eigenvalue weighted by molar-refractivity contribution is -0.119. The van der Waals surface area contributed by atoms with E-state index in [1.807, 2.05) is 48.5 Å². The number of amides is 1. The molecule has 0 aliphatic heterocycles. The number of ether oxygens (including phenoxy) is 4. The van der Waals surface area contributed by atoms with Crippen molar-refractivity contribution in [2.75, 3.05) is 39.3 Å². The summed E-state index contributed by atoms with van der Waals surface area (Å²) in [6.45, 7) is -0.617. The van der Waals surface area contributed by atoms with Crippen LogP contribution in [0.3, 0.4) is 0 Å². The van der Waals surface area contributed by atoms with Crippen LogP contribution in [-0.4, -0.2) is 55.5 Å². The van der Waals surface area contributed by atoms with E-state index in [0.717, 1.165) is 31.4 Å². The number of rotatable bonds is 11. The van der Waals surface area contributed by atoms with E-state index in [2.05, 4.69) is 16.6 Å². The molecular weight excluding hydrogens is 582 g/mol. The number of carbonyl (C=O) groups excluding carboxylic acids is 1. The van der Waals surface area contributed by atoms with Crippen molar-refractivity contribution in [3.05, 3.63) is 96.6 Å². The number of sulfonamides is 1.